The number of nitrogens with two attached hydrogens (primary N) is 1. The summed E-state index contributed by atoms with van der Waals surface area (Å²) in [5.41, 5.74) is 7.96. The number of aryl methyl sites for hydroxylation is 1. The topological polar surface area (TPSA) is 64.4 Å². The SMILES string of the molecule is Cc1cc(N)ccc1C(=O)NCC1CCCOC1. The summed E-state index contributed by atoms with van der Waals surface area (Å²) >= 11 is 0. The second-order valence-corrected chi connectivity index (χ2v) is 4.87. The highest BCUT2D eigenvalue weighted by Crippen LogP contribution is 2.14. The highest BCUT2D eigenvalue weighted by Gasteiger charge is 2.16. The first-order chi connectivity index (χ1) is 8.66. The highest BCUT2D eigenvalue weighted by atomic mass is 16.5. The van der Waals surface area contributed by atoms with E-state index in [1.165, 1.54) is 0 Å². The molecule has 98 valence electrons. The van der Waals surface area contributed by atoms with Crippen LogP contribution in [-0.4, -0.2) is 25.7 Å². The zero-order valence-corrected chi connectivity index (χ0v) is 10.7. The minimum atomic E-state index is -0.0296. The van der Waals surface area contributed by atoms with Crippen LogP contribution in [0.4, 0.5) is 5.69 Å². The van der Waals surface area contributed by atoms with E-state index in [4.69, 9.17) is 10.5 Å². The van der Waals surface area contributed by atoms with E-state index in [0.717, 1.165) is 31.6 Å². The Morgan fingerprint density at radius 1 is 1.56 bits per heavy atom. The van der Waals surface area contributed by atoms with Crippen molar-refractivity contribution in [2.45, 2.75) is 19.8 Å². The van der Waals surface area contributed by atoms with Gasteiger partial charge in [-0.15, -0.1) is 0 Å². The van der Waals surface area contributed by atoms with E-state index in [1.54, 1.807) is 12.1 Å². The van der Waals surface area contributed by atoms with Crippen molar-refractivity contribution in [2.24, 2.45) is 5.92 Å². The molecule has 0 aliphatic carbocycles. The maximum absolute atomic E-state index is 12.0. The van der Waals surface area contributed by atoms with Crippen molar-refractivity contribution in [3.8, 4) is 0 Å². The van der Waals surface area contributed by atoms with Crippen LogP contribution in [0, 0.1) is 12.8 Å². The summed E-state index contributed by atoms with van der Waals surface area (Å²) in [6.45, 7) is 4.18. The number of rotatable bonds is 3. The first-order valence-corrected chi connectivity index (χ1v) is 6.39. The van der Waals surface area contributed by atoms with Crippen LogP contribution in [0.3, 0.4) is 0 Å². The van der Waals surface area contributed by atoms with Gasteiger partial charge < -0.3 is 15.8 Å². The van der Waals surface area contributed by atoms with E-state index in [1.807, 2.05) is 13.0 Å². The van der Waals surface area contributed by atoms with Crippen LogP contribution in [-0.2, 0) is 4.74 Å². The number of carbonyl (C=O) groups excluding carboxylic acids is 1. The Morgan fingerprint density at radius 2 is 2.39 bits per heavy atom. The van der Waals surface area contributed by atoms with Crippen molar-refractivity contribution >= 4 is 11.6 Å². The summed E-state index contributed by atoms with van der Waals surface area (Å²) < 4.78 is 5.39. The molecule has 1 atom stereocenters. The molecule has 0 spiro atoms. The molecule has 4 nitrogen and oxygen atoms in total. The van der Waals surface area contributed by atoms with E-state index < -0.39 is 0 Å². The fourth-order valence-electron chi connectivity index (χ4n) is 2.24. The van der Waals surface area contributed by atoms with E-state index >= 15 is 0 Å². The van der Waals surface area contributed by atoms with Crippen LogP contribution in [0.15, 0.2) is 18.2 Å². The Kier molecular flexibility index (Phi) is 4.20. The van der Waals surface area contributed by atoms with Crippen molar-refractivity contribution in [1.82, 2.24) is 5.32 Å². The van der Waals surface area contributed by atoms with Crippen LogP contribution in [0.25, 0.3) is 0 Å². The Morgan fingerprint density at radius 3 is 3.06 bits per heavy atom. The van der Waals surface area contributed by atoms with Gasteiger partial charge in [0.25, 0.3) is 5.91 Å². The molecule has 1 aromatic carbocycles. The summed E-state index contributed by atoms with van der Waals surface area (Å²) in [7, 11) is 0. The standard InChI is InChI=1S/C14H20N2O2/c1-10-7-12(15)4-5-13(10)14(17)16-8-11-3-2-6-18-9-11/h4-5,7,11H,2-3,6,8-9,15H2,1H3,(H,16,17). The van der Waals surface area contributed by atoms with E-state index in [2.05, 4.69) is 5.32 Å². The fourth-order valence-corrected chi connectivity index (χ4v) is 2.24. The number of ether oxygens (including phenoxy) is 1. The molecular formula is C14H20N2O2. The summed E-state index contributed by atoms with van der Waals surface area (Å²) in [4.78, 5) is 12.0. The minimum Gasteiger partial charge on any atom is -0.399 e. The molecule has 0 radical (unpaired) electrons. The molecular weight excluding hydrogens is 228 g/mol. The third-order valence-electron chi connectivity index (χ3n) is 3.30. The number of carbonyl (C=O) groups is 1. The van der Waals surface area contributed by atoms with Crippen LogP contribution in [0.5, 0.6) is 0 Å². The average Bonchev–Trinajstić information content (AvgIpc) is 2.37. The number of hydrogen-bond acceptors (Lipinski definition) is 3. The first-order valence-electron chi connectivity index (χ1n) is 6.39. The summed E-state index contributed by atoms with van der Waals surface area (Å²) in [5.74, 6) is 0.412. The molecule has 1 aromatic rings. The molecule has 1 unspecified atom stereocenters. The van der Waals surface area contributed by atoms with Crippen molar-refractivity contribution in [1.29, 1.82) is 0 Å². The van der Waals surface area contributed by atoms with Gasteiger partial charge in [-0.25, -0.2) is 0 Å². The van der Waals surface area contributed by atoms with Gasteiger partial charge in [0, 0.05) is 24.4 Å². The van der Waals surface area contributed by atoms with Crippen molar-refractivity contribution in [3.05, 3.63) is 29.3 Å². The molecule has 1 saturated heterocycles. The molecule has 18 heavy (non-hydrogen) atoms. The molecule has 3 N–H and O–H groups in total. The van der Waals surface area contributed by atoms with Gasteiger partial charge in [-0.3, -0.25) is 4.79 Å². The normalized spacial score (nSPS) is 19.5. The van der Waals surface area contributed by atoms with E-state index in [-0.39, 0.29) is 5.91 Å². The van der Waals surface area contributed by atoms with Crippen molar-refractivity contribution in [3.63, 3.8) is 0 Å². The average molecular weight is 248 g/mol. The fraction of sp³-hybridized carbons (Fsp3) is 0.500. The molecule has 0 bridgehead atoms. The van der Waals surface area contributed by atoms with Gasteiger partial charge in [-0.2, -0.15) is 0 Å². The lowest BCUT2D eigenvalue weighted by Crippen LogP contribution is -2.33. The monoisotopic (exact) mass is 248 g/mol. The van der Waals surface area contributed by atoms with Crippen LogP contribution < -0.4 is 11.1 Å². The highest BCUT2D eigenvalue weighted by molar-refractivity contribution is 5.95. The Balaban J connectivity index is 1.90. The minimum absolute atomic E-state index is 0.0296. The van der Waals surface area contributed by atoms with Gasteiger partial charge in [-0.1, -0.05) is 0 Å². The van der Waals surface area contributed by atoms with Crippen LogP contribution >= 0.6 is 0 Å². The van der Waals surface area contributed by atoms with Crippen LogP contribution in [0.1, 0.15) is 28.8 Å². The molecule has 1 heterocycles. The quantitative estimate of drug-likeness (QED) is 0.801. The molecule has 1 aliphatic heterocycles. The molecule has 1 fully saturated rings. The van der Waals surface area contributed by atoms with E-state index in [0.29, 0.717) is 23.7 Å². The third kappa shape index (κ3) is 3.23. The predicted octanol–water partition coefficient (Wildman–Crippen LogP) is 1.73. The van der Waals surface area contributed by atoms with Gasteiger partial charge in [0.05, 0.1) is 6.61 Å². The van der Waals surface area contributed by atoms with Gasteiger partial charge >= 0.3 is 0 Å². The lowest BCUT2D eigenvalue weighted by atomic mass is 10.0. The van der Waals surface area contributed by atoms with Gasteiger partial charge in [0.15, 0.2) is 0 Å². The summed E-state index contributed by atoms with van der Waals surface area (Å²) in [6, 6.07) is 5.35. The molecule has 4 heteroatoms. The maximum Gasteiger partial charge on any atom is 0.251 e. The Bertz CT molecular complexity index is 426. The molecule has 0 saturated carbocycles. The van der Waals surface area contributed by atoms with Crippen LogP contribution in [0.2, 0.25) is 0 Å². The zero-order valence-electron chi connectivity index (χ0n) is 10.7. The number of hydrogen-bond donors (Lipinski definition) is 2. The number of nitrogens with one attached hydrogen (secondary N) is 1. The molecule has 1 amide bonds. The second-order valence-electron chi connectivity index (χ2n) is 4.87. The lowest BCUT2D eigenvalue weighted by Gasteiger charge is -2.22. The number of benzene rings is 1. The van der Waals surface area contributed by atoms with Crippen molar-refractivity contribution in [2.75, 3.05) is 25.5 Å². The number of nitrogen functional groups attached to an aromatic ring is 1. The van der Waals surface area contributed by atoms with Gasteiger partial charge in [0.1, 0.15) is 0 Å². The number of anilines is 1. The lowest BCUT2D eigenvalue weighted by molar-refractivity contribution is 0.0536. The van der Waals surface area contributed by atoms with Gasteiger partial charge in [0.2, 0.25) is 0 Å². The Labute approximate surface area is 108 Å². The summed E-state index contributed by atoms with van der Waals surface area (Å²) in [6.07, 6.45) is 2.21. The zero-order chi connectivity index (χ0) is 13.0. The largest absolute Gasteiger partial charge is 0.399 e. The Hall–Kier alpha value is -1.55. The first kappa shape index (κ1) is 12.9. The molecule has 0 aromatic heterocycles. The predicted molar refractivity (Wildman–Crippen MR) is 71.5 cm³/mol. The molecule has 2 rings (SSSR count). The third-order valence-corrected chi connectivity index (χ3v) is 3.30. The smallest absolute Gasteiger partial charge is 0.251 e. The summed E-state index contributed by atoms with van der Waals surface area (Å²) in [5, 5.41) is 2.97. The molecule has 1 aliphatic rings. The maximum atomic E-state index is 12.0. The van der Waals surface area contributed by atoms with Gasteiger partial charge in [-0.05, 0) is 49.4 Å². The van der Waals surface area contributed by atoms with Crippen molar-refractivity contribution < 1.29 is 9.53 Å². The van der Waals surface area contributed by atoms with E-state index in [9.17, 15) is 4.79 Å². The second kappa shape index (κ2) is 5.87. The number of amides is 1.